The monoisotopic (exact) mass is 364 g/mol. The van der Waals surface area contributed by atoms with Crippen LogP contribution in [0.1, 0.15) is 43.0 Å². The molecule has 2 fully saturated rings. The Hall–Kier alpha value is -1.73. The molecular formula is C18H24N2O4S. The Balaban J connectivity index is 1.68. The van der Waals surface area contributed by atoms with Crippen molar-refractivity contribution in [1.82, 2.24) is 9.21 Å². The molecule has 0 saturated carbocycles. The van der Waals surface area contributed by atoms with Crippen molar-refractivity contribution in [2.75, 3.05) is 26.2 Å². The number of piperidine rings is 1. The van der Waals surface area contributed by atoms with Crippen LogP contribution in [0.5, 0.6) is 0 Å². The minimum absolute atomic E-state index is 0.0758. The van der Waals surface area contributed by atoms with Crippen LogP contribution in [0.4, 0.5) is 0 Å². The van der Waals surface area contributed by atoms with E-state index in [9.17, 15) is 18.0 Å². The molecule has 2 saturated heterocycles. The van der Waals surface area contributed by atoms with Gasteiger partial charge < -0.3 is 4.90 Å². The molecule has 6 nitrogen and oxygen atoms in total. The Morgan fingerprint density at radius 1 is 1.04 bits per heavy atom. The van der Waals surface area contributed by atoms with Crippen LogP contribution in [0, 0.1) is 5.92 Å². The maximum atomic E-state index is 12.8. The number of sulfonamides is 1. The van der Waals surface area contributed by atoms with Gasteiger partial charge in [0.05, 0.1) is 4.90 Å². The molecule has 0 radical (unpaired) electrons. The van der Waals surface area contributed by atoms with Gasteiger partial charge in [0.15, 0.2) is 5.78 Å². The van der Waals surface area contributed by atoms with E-state index in [0.717, 1.165) is 25.9 Å². The normalized spacial score (nSPS) is 20.0. The zero-order chi connectivity index (χ0) is 18.0. The van der Waals surface area contributed by atoms with Gasteiger partial charge in [-0.05, 0) is 44.7 Å². The molecule has 0 atom stereocenters. The third-order valence-electron chi connectivity index (χ3n) is 5.10. The third-order valence-corrected chi connectivity index (χ3v) is 6.99. The maximum absolute atomic E-state index is 12.8. The Kier molecular flexibility index (Phi) is 5.24. The van der Waals surface area contributed by atoms with Gasteiger partial charge in [0.25, 0.3) is 0 Å². The van der Waals surface area contributed by atoms with Crippen LogP contribution in [0.2, 0.25) is 0 Å². The van der Waals surface area contributed by atoms with Gasteiger partial charge in [-0.3, -0.25) is 9.59 Å². The molecule has 0 N–H and O–H groups in total. The van der Waals surface area contributed by atoms with Gasteiger partial charge in [-0.2, -0.15) is 4.31 Å². The number of ketones is 1. The summed E-state index contributed by atoms with van der Waals surface area (Å²) in [4.78, 5) is 26.0. The van der Waals surface area contributed by atoms with Crippen molar-refractivity contribution in [3.8, 4) is 0 Å². The van der Waals surface area contributed by atoms with Crippen LogP contribution in [0.3, 0.4) is 0 Å². The van der Waals surface area contributed by atoms with Gasteiger partial charge in [0.2, 0.25) is 15.9 Å². The second-order valence-corrected chi connectivity index (χ2v) is 8.73. The van der Waals surface area contributed by atoms with Crippen molar-refractivity contribution in [1.29, 1.82) is 0 Å². The number of likely N-dealkylation sites (tertiary alicyclic amines) is 1. The van der Waals surface area contributed by atoms with Crippen molar-refractivity contribution >= 4 is 21.7 Å². The number of nitrogens with zero attached hydrogens (tertiary/aromatic N) is 2. The molecular weight excluding hydrogens is 340 g/mol. The molecule has 0 aliphatic carbocycles. The average Bonchev–Trinajstić information content (AvgIpc) is 3.16. The summed E-state index contributed by atoms with van der Waals surface area (Å²) in [5.41, 5.74) is 0.389. The Morgan fingerprint density at radius 3 is 2.28 bits per heavy atom. The molecule has 1 aromatic rings. The highest BCUT2D eigenvalue weighted by atomic mass is 32.2. The van der Waals surface area contributed by atoms with Crippen LogP contribution < -0.4 is 0 Å². The van der Waals surface area contributed by atoms with Gasteiger partial charge in [-0.25, -0.2) is 8.42 Å². The summed E-state index contributed by atoms with van der Waals surface area (Å²) in [5.74, 6) is -0.0619. The lowest BCUT2D eigenvalue weighted by Crippen LogP contribution is -2.43. The topological polar surface area (TPSA) is 74.8 Å². The van der Waals surface area contributed by atoms with E-state index in [2.05, 4.69) is 0 Å². The lowest BCUT2D eigenvalue weighted by atomic mass is 9.97. The van der Waals surface area contributed by atoms with Gasteiger partial charge in [0.1, 0.15) is 0 Å². The molecule has 0 spiro atoms. The molecule has 0 aromatic heterocycles. The molecule has 0 unspecified atom stereocenters. The number of Topliss-reactive ketones (excluding diaryl/α,β-unsaturated/α-hetero) is 1. The summed E-state index contributed by atoms with van der Waals surface area (Å²) < 4.78 is 27.1. The van der Waals surface area contributed by atoms with E-state index in [1.165, 1.54) is 23.4 Å². The van der Waals surface area contributed by atoms with Crippen LogP contribution in [0.15, 0.2) is 29.2 Å². The number of carbonyl (C=O) groups is 2. The van der Waals surface area contributed by atoms with Crippen LogP contribution in [-0.2, 0) is 14.8 Å². The van der Waals surface area contributed by atoms with Crippen molar-refractivity contribution in [3.63, 3.8) is 0 Å². The Bertz CT molecular complexity index is 761. The first-order valence-corrected chi connectivity index (χ1v) is 10.2. The predicted octanol–water partition coefficient (Wildman–Crippen LogP) is 1.91. The molecule has 2 aliphatic rings. The number of rotatable bonds is 4. The first-order chi connectivity index (χ1) is 11.9. The number of benzene rings is 1. The first kappa shape index (κ1) is 18.1. The van der Waals surface area contributed by atoms with Crippen LogP contribution in [0.25, 0.3) is 0 Å². The van der Waals surface area contributed by atoms with E-state index in [4.69, 9.17) is 0 Å². The van der Waals surface area contributed by atoms with E-state index in [1.807, 2.05) is 4.90 Å². The highest BCUT2D eigenvalue weighted by Gasteiger charge is 2.34. The lowest BCUT2D eigenvalue weighted by Gasteiger charge is -2.32. The minimum Gasteiger partial charge on any atom is -0.342 e. The summed E-state index contributed by atoms with van der Waals surface area (Å²) in [6, 6.07) is 6.15. The molecule has 25 heavy (non-hydrogen) atoms. The Labute approximate surface area is 148 Å². The molecule has 1 amide bonds. The van der Waals surface area contributed by atoms with E-state index >= 15 is 0 Å². The molecule has 136 valence electrons. The van der Waals surface area contributed by atoms with Crippen molar-refractivity contribution in [3.05, 3.63) is 29.8 Å². The highest BCUT2D eigenvalue weighted by Crippen LogP contribution is 2.26. The number of carbonyl (C=O) groups excluding carboxylic acids is 2. The molecule has 2 heterocycles. The molecule has 2 aliphatic heterocycles. The third kappa shape index (κ3) is 3.77. The molecule has 0 bridgehead atoms. The lowest BCUT2D eigenvalue weighted by molar-refractivity contribution is -0.135. The SMILES string of the molecule is CC(=O)c1cccc(S(=O)(=O)N2CCC(C(=O)N3CCCC3)CC2)c1. The van der Waals surface area contributed by atoms with E-state index in [1.54, 1.807) is 12.1 Å². The Morgan fingerprint density at radius 2 is 1.68 bits per heavy atom. The smallest absolute Gasteiger partial charge is 0.243 e. The van der Waals surface area contributed by atoms with E-state index in [-0.39, 0.29) is 22.5 Å². The summed E-state index contributed by atoms with van der Waals surface area (Å²) in [6.07, 6.45) is 3.23. The van der Waals surface area contributed by atoms with Crippen LogP contribution in [-0.4, -0.2) is 55.5 Å². The van der Waals surface area contributed by atoms with E-state index < -0.39 is 10.0 Å². The summed E-state index contributed by atoms with van der Waals surface area (Å²) >= 11 is 0. The quantitative estimate of drug-likeness (QED) is 0.765. The fourth-order valence-corrected chi connectivity index (χ4v) is 5.08. The fourth-order valence-electron chi connectivity index (χ4n) is 3.56. The second-order valence-electron chi connectivity index (χ2n) is 6.79. The van der Waals surface area contributed by atoms with Crippen molar-refractivity contribution < 1.29 is 18.0 Å². The second kappa shape index (κ2) is 7.25. The van der Waals surface area contributed by atoms with Crippen molar-refractivity contribution in [2.45, 2.75) is 37.5 Å². The fraction of sp³-hybridized carbons (Fsp3) is 0.556. The minimum atomic E-state index is -3.63. The number of hydrogen-bond donors (Lipinski definition) is 0. The number of hydrogen-bond acceptors (Lipinski definition) is 4. The zero-order valence-electron chi connectivity index (χ0n) is 14.5. The largest absolute Gasteiger partial charge is 0.342 e. The summed E-state index contributed by atoms with van der Waals surface area (Å²) in [6.45, 7) is 3.76. The van der Waals surface area contributed by atoms with Crippen LogP contribution >= 0.6 is 0 Å². The standard InChI is InChI=1S/C18H24N2O4S/c1-14(21)16-5-4-6-17(13-16)25(23,24)20-11-7-15(8-12-20)18(22)19-9-2-3-10-19/h4-6,13,15H,2-3,7-12H2,1H3. The average molecular weight is 364 g/mol. The number of amides is 1. The first-order valence-electron chi connectivity index (χ1n) is 8.79. The van der Waals surface area contributed by atoms with Gasteiger partial charge in [0, 0.05) is 37.7 Å². The predicted molar refractivity (Wildman–Crippen MR) is 93.7 cm³/mol. The summed E-state index contributed by atoms with van der Waals surface area (Å²) in [5, 5.41) is 0. The highest BCUT2D eigenvalue weighted by molar-refractivity contribution is 7.89. The molecule has 7 heteroatoms. The van der Waals surface area contributed by atoms with Gasteiger partial charge in [-0.15, -0.1) is 0 Å². The zero-order valence-corrected chi connectivity index (χ0v) is 15.3. The van der Waals surface area contributed by atoms with E-state index in [0.29, 0.717) is 31.5 Å². The molecule has 1 aromatic carbocycles. The maximum Gasteiger partial charge on any atom is 0.243 e. The molecule has 3 rings (SSSR count). The summed E-state index contributed by atoms with van der Waals surface area (Å²) in [7, 11) is -3.63. The van der Waals surface area contributed by atoms with Gasteiger partial charge in [-0.1, -0.05) is 12.1 Å². The van der Waals surface area contributed by atoms with Crippen molar-refractivity contribution in [2.24, 2.45) is 5.92 Å². The van der Waals surface area contributed by atoms with Gasteiger partial charge >= 0.3 is 0 Å².